The van der Waals surface area contributed by atoms with Crippen LogP contribution in [0, 0.1) is 0 Å². The van der Waals surface area contributed by atoms with Crippen LogP contribution in [0.5, 0.6) is 5.75 Å². The summed E-state index contributed by atoms with van der Waals surface area (Å²) in [6.45, 7) is 0. The van der Waals surface area contributed by atoms with Gasteiger partial charge in [0, 0.05) is 16.1 Å². The summed E-state index contributed by atoms with van der Waals surface area (Å²) in [5.74, 6) is -0.414. The molecule has 2 N–H and O–H groups in total. The van der Waals surface area contributed by atoms with Crippen LogP contribution in [0.3, 0.4) is 0 Å². The molecule has 0 saturated heterocycles. The number of hydrogen-bond donors (Lipinski definition) is 2. The standard InChI is InChI=1S/C20H14Cl2N4O2/c21-15-7-5-13(6-8-15)20(28)26-23-12-14-11-16(9-10-19(14)27)24-25-18-4-2-1-3-17(18)22/h1-12,27H,(H,26,28)/b23-12+,25-24?. The van der Waals surface area contributed by atoms with Crippen LogP contribution in [0.15, 0.2) is 82.1 Å². The Morgan fingerprint density at radius 1 is 0.964 bits per heavy atom. The molecule has 0 spiro atoms. The molecular weight excluding hydrogens is 399 g/mol. The predicted molar refractivity (Wildman–Crippen MR) is 110 cm³/mol. The van der Waals surface area contributed by atoms with E-state index in [0.29, 0.717) is 32.5 Å². The first-order valence-corrected chi connectivity index (χ1v) is 8.87. The van der Waals surface area contributed by atoms with Crippen molar-refractivity contribution in [2.75, 3.05) is 0 Å². The second-order valence-electron chi connectivity index (χ2n) is 5.60. The molecule has 0 heterocycles. The molecule has 3 aromatic rings. The number of carbonyl (C=O) groups is 1. The molecule has 0 aliphatic heterocycles. The summed E-state index contributed by atoms with van der Waals surface area (Å²) < 4.78 is 0. The highest BCUT2D eigenvalue weighted by atomic mass is 35.5. The fourth-order valence-corrected chi connectivity index (χ4v) is 2.48. The van der Waals surface area contributed by atoms with Crippen LogP contribution in [0.25, 0.3) is 0 Å². The fraction of sp³-hybridized carbons (Fsp3) is 0. The molecule has 1 amide bonds. The topological polar surface area (TPSA) is 86.4 Å². The predicted octanol–water partition coefficient (Wildman–Crippen LogP) is 5.88. The molecule has 3 aromatic carbocycles. The lowest BCUT2D eigenvalue weighted by atomic mass is 10.2. The molecule has 0 aromatic heterocycles. The van der Waals surface area contributed by atoms with Crippen LogP contribution in [-0.2, 0) is 0 Å². The third-order valence-electron chi connectivity index (χ3n) is 3.61. The lowest BCUT2D eigenvalue weighted by Gasteiger charge is -2.02. The van der Waals surface area contributed by atoms with Crippen molar-refractivity contribution in [3.63, 3.8) is 0 Å². The minimum absolute atomic E-state index is 0.0128. The summed E-state index contributed by atoms with van der Waals surface area (Å²) in [6, 6.07) is 18.1. The van der Waals surface area contributed by atoms with Gasteiger partial charge in [-0.1, -0.05) is 35.3 Å². The smallest absolute Gasteiger partial charge is 0.271 e. The number of nitrogens with zero attached hydrogens (tertiary/aromatic N) is 3. The first-order chi connectivity index (χ1) is 13.5. The summed E-state index contributed by atoms with van der Waals surface area (Å²) in [5, 5.41) is 23.0. The van der Waals surface area contributed by atoms with Gasteiger partial charge in [-0.05, 0) is 54.6 Å². The first kappa shape index (κ1) is 19.5. The van der Waals surface area contributed by atoms with Crippen molar-refractivity contribution in [3.8, 4) is 5.75 Å². The van der Waals surface area contributed by atoms with E-state index in [1.54, 1.807) is 60.7 Å². The van der Waals surface area contributed by atoms with Crippen LogP contribution >= 0.6 is 23.2 Å². The van der Waals surface area contributed by atoms with E-state index < -0.39 is 5.91 Å². The highest BCUT2D eigenvalue weighted by molar-refractivity contribution is 6.32. The van der Waals surface area contributed by atoms with Crippen molar-refractivity contribution in [2.45, 2.75) is 0 Å². The van der Waals surface area contributed by atoms with E-state index in [1.807, 2.05) is 0 Å². The Hall–Kier alpha value is -3.22. The molecule has 140 valence electrons. The molecule has 0 unspecified atom stereocenters. The molecule has 0 saturated carbocycles. The second kappa shape index (κ2) is 9.12. The number of azo groups is 1. The van der Waals surface area contributed by atoms with Gasteiger partial charge in [0.15, 0.2) is 0 Å². The van der Waals surface area contributed by atoms with Gasteiger partial charge < -0.3 is 5.11 Å². The number of nitrogens with one attached hydrogen (secondary N) is 1. The van der Waals surface area contributed by atoms with Crippen molar-refractivity contribution < 1.29 is 9.90 Å². The Bertz CT molecular complexity index is 1050. The van der Waals surface area contributed by atoms with Gasteiger partial charge in [-0.3, -0.25) is 4.79 Å². The molecule has 0 aliphatic carbocycles. The monoisotopic (exact) mass is 412 g/mol. The largest absolute Gasteiger partial charge is 0.507 e. The number of amides is 1. The van der Waals surface area contributed by atoms with Gasteiger partial charge in [0.25, 0.3) is 5.91 Å². The van der Waals surface area contributed by atoms with Crippen LogP contribution in [0.2, 0.25) is 10.0 Å². The number of aromatic hydroxyl groups is 1. The molecule has 6 nitrogen and oxygen atoms in total. The normalized spacial score (nSPS) is 11.2. The van der Waals surface area contributed by atoms with Crippen LogP contribution in [-0.4, -0.2) is 17.2 Å². The van der Waals surface area contributed by atoms with E-state index in [4.69, 9.17) is 23.2 Å². The molecule has 0 aliphatic rings. The van der Waals surface area contributed by atoms with Gasteiger partial charge in [0.05, 0.1) is 16.9 Å². The minimum atomic E-state index is -0.401. The molecule has 0 fully saturated rings. The molecule has 3 rings (SSSR count). The Morgan fingerprint density at radius 3 is 2.46 bits per heavy atom. The number of hydrogen-bond acceptors (Lipinski definition) is 5. The Morgan fingerprint density at radius 2 is 1.71 bits per heavy atom. The van der Waals surface area contributed by atoms with Crippen LogP contribution in [0.4, 0.5) is 11.4 Å². The van der Waals surface area contributed by atoms with Gasteiger partial charge in [0.2, 0.25) is 0 Å². The van der Waals surface area contributed by atoms with Gasteiger partial charge >= 0.3 is 0 Å². The highest BCUT2D eigenvalue weighted by Gasteiger charge is 2.05. The zero-order valence-electron chi connectivity index (χ0n) is 14.4. The number of benzene rings is 3. The fourth-order valence-electron chi connectivity index (χ4n) is 2.18. The van der Waals surface area contributed by atoms with Gasteiger partial charge in [-0.25, -0.2) is 5.43 Å². The first-order valence-electron chi connectivity index (χ1n) is 8.11. The molecule has 0 bridgehead atoms. The lowest BCUT2D eigenvalue weighted by Crippen LogP contribution is -2.17. The maximum absolute atomic E-state index is 12.0. The number of hydrazone groups is 1. The number of phenols is 1. The molecule has 8 heteroatoms. The van der Waals surface area contributed by atoms with E-state index in [1.165, 1.54) is 12.3 Å². The molecular formula is C20H14Cl2N4O2. The quantitative estimate of drug-likeness (QED) is 0.311. The van der Waals surface area contributed by atoms with Gasteiger partial charge in [0.1, 0.15) is 11.4 Å². The zero-order valence-corrected chi connectivity index (χ0v) is 15.9. The van der Waals surface area contributed by atoms with E-state index in [2.05, 4.69) is 20.8 Å². The van der Waals surface area contributed by atoms with Crippen LogP contribution in [0.1, 0.15) is 15.9 Å². The SMILES string of the molecule is O=C(N/N=C/c1cc(N=Nc2ccccc2Cl)ccc1O)c1ccc(Cl)cc1. The van der Waals surface area contributed by atoms with Crippen molar-refractivity contribution in [1.82, 2.24) is 5.43 Å². The summed E-state index contributed by atoms with van der Waals surface area (Å²) in [5.41, 5.74) is 4.18. The van der Waals surface area contributed by atoms with Gasteiger partial charge in [-0.2, -0.15) is 10.2 Å². The van der Waals surface area contributed by atoms with E-state index in [0.717, 1.165) is 0 Å². The second-order valence-corrected chi connectivity index (χ2v) is 6.44. The van der Waals surface area contributed by atoms with E-state index >= 15 is 0 Å². The maximum Gasteiger partial charge on any atom is 0.271 e. The summed E-state index contributed by atoms with van der Waals surface area (Å²) in [6.07, 6.45) is 1.32. The molecule has 0 atom stereocenters. The Balaban J connectivity index is 1.71. The van der Waals surface area contributed by atoms with E-state index in [9.17, 15) is 9.90 Å². The minimum Gasteiger partial charge on any atom is -0.507 e. The van der Waals surface area contributed by atoms with Crippen molar-refractivity contribution in [3.05, 3.63) is 87.9 Å². The highest BCUT2D eigenvalue weighted by Crippen LogP contribution is 2.27. The lowest BCUT2D eigenvalue weighted by molar-refractivity contribution is 0.0955. The molecule has 28 heavy (non-hydrogen) atoms. The maximum atomic E-state index is 12.0. The molecule has 0 radical (unpaired) electrons. The van der Waals surface area contributed by atoms with Crippen molar-refractivity contribution >= 4 is 46.7 Å². The van der Waals surface area contributed by atoms with Gasteiger partial charge in [-0.15, -0.1) is 5.11 Å². The zero-order chi connectivity index (χ0) is 19.9. The average Bonchev–Trinajstić information content (AvgIpc) is 2.70. The van der Waals surface area contributed by atoms with Crippen LogP contribution < -0.4 is 5.43 Å². The third kappa shape index (κ3) is 5.16. The number of carbonyl (C=O) groups excluding carboxylic acids is 1. The van der Waals surface area contributed by atoms with Crippen molar-refractivity contribution in [2.24, 2.45) is 15.3 Å². The number of halogens is 2. The van der Waals surface area contributed by atoms with Crippen molar-refractivity contribution in [1.29, 1.82) is 0 Å². The third-order valence-corrected chi connectivity index (χ3v) is 4.18. The summed E-state index contributed by atoms with van der Waals surface area (Å²) in [7, 11) is 0. The number of phenolic OH excluding ortho intramolecular Hbond substituents is 1. The summed E-state index contributed by atoms with van der Waals surface area (Å²) in [4.78, 5) is 12.0. The average molecular weight is 413 g/mol. The Kier molecular flexibility index (Phi) is 6.37. The Labute approximate surface area is 171 Å². The summed E-state index contributed by atoms with van der Waals surface area (Å²) >= 11 is 11.8. The number of rotatable bonds is 5. The van der Waals surface area contributed by atoms with E-state index in [-0.39, 0.29) is 5.75 Å².